The zero-order valence-corrected chi connectivity index (χ0v) is 14.7. The Morgan fingerprint density at radius 1 is 1.21 bits per heavy atom. The summed E-state index contributed by atoms with van der Waals surface area (Å²) in [6.45, 7) is 5.46. The average Bonchev–Trinajstić information content (AvgIpc) is 2.95. The minimum atomic E-state index is -0.375. The van der Waals surface area contributed by atoms with E-state index in [1.54, 1.807) is 4.90 Å². The number of anilines is 2. The molecule has 7 nitrogen and oxygen atoms in total. The van der Waals surface area contributed by atoms with E-state index in [1.165, 1.54) is 6.92 Å². The molecule has 2 aliphatic heterocycles. The van der Waals surface area contributed by atoms with Crippen molar-refractivity contribution < 1.29 is 19.1 Å². The molecule has 1 aromatic carbocycles. The third-order valence-corrected chi connectivity index (χ3v) is 3.99. The van der Waals surface area contributed by atoms with Crippen LogP contribution in [0.15, 0.2) is 24.3 Å². The lowest BCUT2D eigenvalue weighted by Gasteiger charge is -2.29. The van der Waals surface area contributed by atoms with Gasteiger partial charge in [-0.1, -0.05) is 0 Å². The van der Waals surface area contributed by atoms with Gasteiger partial charge in [-0.3, -0.25) is 9.69 Å². The molecule has 0 aliphatic carbocycles. The van der Waals surface area contributed by atoms with Gasteiger partial charge in [0.2, 0.25) is 5.91 Å². The Bertz CT molecular complexity index is 575. The molecule has 0 bridgehead atoms. The van der Waals surface area contributed by atoms with Crippen LogP contribution < -0.4 is 15.1 Å². The molecule has 0 saturated carbocycles. The molecule has 1 N–H and O–H groups in total. The van der Waals surface area contributed by atoms with Gasteiger partial charge in [0.15, 0.2) is 0 Å². The van der Waals surface area contributed by atoms with Crippen molar-refractivity contribution in [2.75, 3.05) is 49.2 Å². The second kappa shape index (κ2) is 8.25. The van der Waals surface area contributed by atoms with Gasteiger partial charge in [0.25, 0.3) is 0 Å². The maximum Gasteiger partial charge on any atom is 0.414 e. The highest BCUT2D eigenvalue weighted by molar-refractivity contribution is 7.59. The molecule has 8 heteroatoms. The van der Waals surface area contributed by atoms with Crippen LogP contribution in [0.1, 0.15) is 6.92 Å². The second-order valence-corrected chi connectivity index (χ2v) is 5.67. The molecule has 24 heavy (non-hydrogen) atoms. The van der Waals surface area contributed by atoms with E-state index in [-0.39, 0.29) is 31.6 Å². The molecule has 2 amide bonds. The molecule has 1 aromatic rings. The summed E-state index contributed by atoms with van der Waals surface area (Å²) in [5.74, 6) is -0.130. The number of nitrogens with one attached hydrogen (secondary N) is 1. The standard InChI is InChI=1S/C16H21N3O4.H2S/c1-12(20)17-10-15-11-19(16(21)23-15)14-4-2-13(3-5-14)18-6-8-22-9-7-18;/h2-5,15H,6-11H2,1H3,(H,17,20);1H2/t15-;/m0./s1. The largest absolute Gasteiger partial charge is 0.442 e. The van der Waals surface area contributed by atoms with Crippen LogP contribution in [0.2, 0.25) is 0 Å². The van der Waals surface area contributed by atoms with E-state index in [1.807, 2.05) is 24.3 Å². The highest BCUT2D eigenvalue weighted by atomic mass is 32.1. The Morgan fingerprint density at radius 3 is 2.46 bits per heavy atom. The number of cyclic esters (lactones) is 1. The Kier molecular flexibility index (Phi) is 6.33. The average molecular weight is 353 g/mol. The summed E-state index contributed by atoms with van der Waals surface area (Å²) in [7, 11) is 0. The van der Waals surface area contributed by atoms with Crippen molar-refractivity contribution in [1.29, 1.82) is 0 Å². The Labute approximate surface area is 148 Å². The van der Waals surface area contributed by atoms with Gasteiger partial charge in [0, 0.05) is 31.4 Å². The van der Waals surface area contributed by atoms with E-state index in [0.717, 1.165) is 37.7 Å². The molecule has 0 spiro atoms. The lowest BCUT2D eigenvalue weighted by Crippen LogP contribution is -2.36. The monoisotopic (exact) mass is 353 g/mol. The van der Waals surface area contributed by atoms with E-state index in [9.17, 15) is 9.59 Å². The molecule has 132 valence electrons. The van der Waals surface area contributed by atoms with Crippen molar-refractivity contribution >= 4 is 36.9 Å². The van der Waals surface area contributed by atoms with Gasteiger partial charge in [0.1, 0.15) is 6.10 Å². The lowest BCUT2D eigenvalue weighted by atomic mass is 10.2. The molecule has 0 aromatic heterocycles. The molecule has 2 fully saturated rings. The highest BCUT2D eigenvalue weighted by Gasteiger charge is 2.32. The normalized spacial score (nSPS) is 20.4. The quantitative estimate of drug-likeness (QED) is 0.878. The molecule has 1 atom stereocenters. The molecule has 3 rings (SSSR count). The van der Waals surface area contributed by atoms with Crippen LogP contribution in [-0.2, 0) is 14.3 Å². The Balaban J connectivity index is 0.00000208. The van der Waals surface area contributed by atoms with E-state index < -0.39 is 0 Å². The topological polar surface area (TPSA) is 71.1 Å². The smallest absolute Gasteiger partial charge is 0.414 e. The SMILES string of the molecule is CC(=O)NC[C@H]1CN(c2ccc(N3CCOCC3)cc2)C(=O)O1.S. The summed E-state index contributed by atoms with van der Waals surface area (Å²) in [5.41, 5.74) is 1.93. The third-order valence-electron chi connectivity index (χ3n) is 3.99. The molecule has 0 radical (unpaired) electrons. The number of ether oxygens (including phenoxy) is 2. The van der Waals surface area contributed by atoms with Crippen LogP contribution in [0.3, 0.4) is 0 Å². The zero-order valence-electron chi connectivity index (χ0n) is 13.7. The molecular formula is C16H23N3O4S. The Morgan fingerprint density at radius 2 is 1.83 bits per heavy atom. The van der Waals surface area contributed by atoms with Crippen molar-refractivity contribution in [1.82, 2.24) is 5.32 Å². The first-order valence-electron chi connectivity index (χ1n) is 7.79. The number of hydrogen-bond donors (Lipinski definition) is 1. The first-order valence-corrected chi connectivity index (χ1v) is 7.79. The summed E-state index contributed by atoms with van der Waals surface area (Å²) in [6.07, 6.45) is -0.690. The predicted molar refractivity (Wildman–Crippen MR) is 96.2 cm³/mol. The number of hydrogen-bond acceptors (Lipinski definition) is 5. The molecule has 0 unspecified atom stereocenters. The fourth-order valence-electron chi connectivity index (χ4n) is 2.76. The van der Waals surface area contributed by atoms with Gasteiger partial charge >= 0.3 is 6.09 Å². The van der Waals surface area contributed by atoms with Crippen LogP contribution in [0.4, 0.5) is 16.2 Å². The third kappa shape index (κ3) is 4.33. The number of carbonyl (C=O) groups excluding carboxylic acids is 2. The molecule has 2 heterocycles. The van der Waals surface area contributed by atoms with Crippen LogP contribution in [0.25, 0.3) is 0 Å². The predicted octanol–water partition coefficient (Wildman–Crippen LogP) is 1.10. The van der Waals surface area contributed by atoms with E-state index in [4.69, 9.17) is 9.47 Å². The number of rotatable bonds is 4. The zero-order chi connectivity index (χ0) is 16.2. The van der Waals surface area contributed by atoms with E-state index in [0.29, 0.717) is 13.1 Å². The summed E-state index contributed by atoms with van der Waals surface area (Å²) >= 11 is 0. The number of carbonyl (C=O) groups is 2. The summed E-state index contributed by atoms with van der Waals surface area (Å²) in [6, 6.07) is 7.86. The number of benzene rings is 1. The number of amides is 2. The molecule has 2 saturated heterocycles. The highest BCUT2D eigenvalue weighted by Crippen LogP contribution is 2.25. The van der Waals surface area contributed by atoms with Crippen LogP contribution in [-0.4, -0.2) is 57.5 Å². The van der Waals surface area contributed by atoms with E-state index >= 15 is 0 Å². The minimum absolute atomic E-state index is 0. The first-order chi connectivity index (χ1) is 11.1. The van der Waals surface area contributed by atoms with Gasteiger partial charge in [-0.2, -0.15) is 13.5 Å². The van der Waals surface area contributed by atoms with Crippen molar-refractivity contribution in [2.24, 2.45) is 0 Å². The van der Waals surface area contributed by atoms with Crippen molar-refractivity contribution in [3.63, 3.8) is 0 Å². The first kappa shape index (κ1) is 18.4. The summed E-state index contributed by atoms with van der Waals surface area (Å²) in [4.78, 5) is 26.8. The van der Waals surface area contributed by atoms with E-state index in [2.05, 4.69) is 10.2 Å². The summed E-state index contributed by atoms with van der Waals surface area (Å²) < 4.78 is 10.6. The fraction of sp³-hybridized carbons (Fsp3) is 0.500. The second-order valence-electron chi connectivity index (χ2n) is 5.67. The number of nitrogens with zero attached hydrogens (tertiary/aromatic N) is 2. The molecular weight excluding hydrogens is 330 g/mol. The maximum absolute atomic E-state index is 12.0. The van der Waals surface area contributed by atoms with Crippen molar-refractivity contribution in [2.45, 2.75) is 13.0 Å². The maximum atomic E-state index is 12.0. The van der Waals surface area contributed by atoms with Gasteiger partial charge in [-0.25, -0.2) is 4.79 Å². The Hall–Kier alpha value is -1.93. The van der Waals surface area contributed by atoms with Gasteiger partial charge < -0.3 is 19.7 Å². The van der Waals surface area contributed by atoms with Gasteiger partial charge in [0.05, 0.1) is 26.3 Å². The van der Waals surface area contributed by atoms with Crippen molar-refractivity contribution in [3.05, 3.63) is 24.3 Å². The van der Waals surface area contributed by atoms with Crippen LogP contribution in [0.5, 0.6) is 0 Å². The summed E-state index contributed by atoms with van der Waals surface area (Å²) in [5, 5.41) is 2.67. The van der Waals surface area contributed by atoms with Crippen LogP contribution >= 0.6 is 13.5 Å². The van der Waals surface area contributed by atoms with Gasteiger partial charge in [-0.15, -0.1) is 0 Å². The fourth-order valence-corrected chi connectivity index (χ4v) is 2.76. The number of morpholine rings is 1. The molecule has 2 aliphatic rings. The van der Waals surface area contributed by atoms with Crippen molar-refractivity contribution in [3.8, 4) is 0 Å². The van der Waals surface area contributed by atoms with Crippen LogP contribution in [0, 0.1) is 0 Å². The lowest BCUT2D eigenvalue weighted by molar-refractivity contribution is -0.119. The minimum Gasteiger partial charge on any atom is -0.442 e. The van der Waals surface area contributed by atoms with Gasteiger partial charge in [-0.05, 0) is 24.3 Å².